The number of hydrogen-bond acceptors (Lipinski definition) is 6. The molecule has 1 saturated heterocycles. The average molecular weight is 647 g/mol. The number of ether oxygens (including phenoxy) is 1. The lowest BCUT2D eigenvalue weighted by molar-refractivity contribution is -0.127. The summed E-state index contributed by atoms with van der Waals surface area (Å²) in [6.07, 6.45) is 2.72. The maximum atomic E-state index is 13.5. The smallest absolute Gasteiger partial charge is 0.410 e. The summed E-state index contributed by atoms with van der Waals surface area (Å²) in [5.41, 5.74) is 1.23. The summed E-state index contributed by atoms with van der Waals surface area (Å²) in [7, 11) is 1.71. The highest BCUT2D eigenvalue weighted by Gasteiger charge is 2.33. The molecule has 2 aromatic carbocycles. The van der Waals surface area contributed by atoms with Gasteiger partial charge in [-0.25, -0.2) is 9.78 Å². The van der Waals surface area contributed by atoms with Crippen molar-refractivity contribution in [1.29, 1.82) is 5.26 Å². The van der Waals surface area contributed by atoms with Crippen molar-refractivity contribution in [2.75, 3.05) is 18.9 Å². The molecular formula is C35H43ClN6O4. The molecule has 0 radical (unpaired) electrons. The standard InChI is InChI=1S/C35H43ClN6O4/c1-22(35(5,6)7)40(8)33(45)46-27-15-16-29-28(18-27)38-32(39-30(43)23-11-13-25(36)14-12-23)42(29)21-26-10-9-17-41(26)31(44)24(20-37)19-34(2,3)4/h11-16,18-19,22,26H,9-10,17,21H2,1-8H3,(H,38,39,43)/t22-,26?/m0/s1. The van der Waals surface area contributed by atoms with Crippen LogP contribution in [0, 0.1) is 22.2 Å². The summed E-state index contributed by atoms with van der Waals surface area (Å²) >= 11 is 6.02. The van der Waals surface area contributed by atoms with Crippen molar-refractivity contribution < 1.29 is 19.1 Å². The van der Waals surface area contributed by atoms with E-state index in [2.05, 4.69) is 32.2 Å². The summed E-state index contributed by atoms with van der Waals surface area (Å²) in [5, 5.41) is 13.2. The van der Waals surface area contributed by atoms with Gasteiger partial charge in [-0.05, 0) is 67.0 Å². The Morgan fingerprint density at radius 1 is 1.15 bits per heavy atom. The molecule has 2 heterocycles. The van der Waals surface area contributed by atoms with Crippen LogP contribution in [0.3, 0.4) is 0 Å². The van der Waals surface area contributed by atoms with Gasteiger partial charge in [-0.15, -0.1) is 0 Å². The molecule has 2 atom stereocenters. The number of imidazole rings is 1. The van der Waals surface area contributed by atoms with Crippen LogP contribution in [-0.4, -0.2) is 62.9 Å². The number of nitrogens with zero attached hydrogens (tertiary/aromatic N) is 5. The van der Waals surface area contributed by atoms with Gasteiger partial charge in [-0.2, -0.15) is 5.26 Å². The molecule has 1 aromatic heterocycles. The van der Waals surface area contributed by atoms with E-state index in [4.69, 9.17) is 21.3 Å². The number of anilines is 1. The van der Waals surface area contributed by atoms with Gasteiger partial charge in [0.05, 0.1) is 17.1 Å². The minimum Gasteiger partial charge on any atom is -0.410 e. The Balaban J connectivity index is 1.68. The van der Waals surface area contributed by atoms with Crippen molar-refractivity contribution in [3.8, 4) is 11.8 Å². The first-order valence-corrected chi connectivity index (χ1v) is 15.8. The van der Waals surface area contributed by atoms with Crippen LogP contribution in [0.4, 0.5) is 10.7 Å². The number of rotatable bonds is 7. The molecule has 10 nitrogen and oxygen atoms in total. The minimum atomic E-state index is -0.491. The molecule has 1 aliphatic rings. The molecule has 1 N–H and O–H groups in total. The Bertz CT molecular complexity index is 1690. The summed E-state index contributed by atoms with van der Waals surface area (Å²) < 4.78 is 7.58. The predicted molar refractivity (Wildman–Crippen MR) is 180 cm³/mol. The van der Waals surface area contributed by atoms with Crippen molar-refractivity contribution in [1.82, 2.24) is 19.4 Å². The van der Waals surface area contributed by atoms with E-state index in [0.29, 0.717) is 40.5 Å². The van der Waals surface area contributed by atoms with Crippen molar-refractivity contribution in [2.24, 2.45) is 10.8 Å². The fourth-order valence-electron chi connectivity index (χ4n) is 5.37. The Morgan fingerprint density at radius 2 is 1.83 bits per heavy atom. The fourth-order valence-corrected chi connectivity index (χ4v) is 5.50. The zero-order valence-corrected chi connectivity index (χ0v) is 28.6. The van der Waals surface area contributed by atoms with Crippen LogP contribution in [-0.2, 0) is 11.3 Å². The largest absolute Gasteiger partial charge is 0.415 e. The number of benzene rings is 2. The molecule has 0 saturated carbocycles. The summed E-state index contributed by atoms with van der Waals surface area (Å²) in [6, 6.07) is 13.4. The number of carbonyl (C=O) groups excluding carboxylic acids is 3. The Hall–Kier alpha value is -4.36. The van der Waals surface area contributed by atoms with Gasteiger partial charge in [0.2, 0.25) is 5.95 Å². The number of carbonyl (C=O) groups is 3. The lowest BCUT2D eigenvalue weighted by atomic mass is 9.87. The molecule has 244 valence electrons. The topological polar surface area (TPSA) is 121 Å². The van der Waals surface area contributed by atoms with Crippen molar-refractivity contribution in [2.45, 2.75) is 79.9 Å². The molecule has 46 heavy (non-hydrogen) atoms. The second kappa shape index (κ2) is 13.6. The number of fused-ring (bicyclic) bond motifs is 1. The number of amides is 3. The molecule has 11 heteroatoms. The normalized spacial score (nSPS) is 16.2. The molecule has 4 rings (SSSR count). The van der Waals surface area contributed by atoms with Crippen LogP contribution in [0.5, 0.6) is 5.75 Å². The molecule has 1 aliphatic heterocycles. The SMILES string of the molecule is C[C@H](N(C)C(=O)Oc1ccc2c(c1)nc(NC(=O)c1ccc(Cl)cc1)n2CC1CCCN1C(=O)C(C#N)=CC(C)(C)C)C(C)(C)C. The molecule has 0 spiro atoms. The number of likely N-dealkylation sites (tertiary alicyclic amines) is 1. The van der Waals surface area contributed by atoms with Crippen LogP contribution in [0.25, 0.3) is 11.0 Å². The summed E-state index contributed by atoms with van der Waals surface area (Å²) in [5.74, 6) is -0.0907. The maximum Gasteiger partial charge on any atom is 0.415 e. The summed E-state index contributed by atoms with van der Waals surface area (Å²) in [6.45, 7) is 14.8. The molecule has 0 aliphatic carbocycles. The van der Waals surface area contributed by atoms with E-state index in [9.17, 15) is 19.6 Å². The van der Waals surface area contributed by atoms with E-state index >= 15 is 0 Å². The zero-order chi connectivity index (χ0) is 34.0. The van der Waals surface area contributed by atoms with E-state index in [1.165, 1.54) is 0 Å². The van der Waals surface area contributed by atoms with Gasteiger partial charge < -0.3 is 19.1 Å². The van der Waals surface area contributed by atoms with Gasteiger partial charge in [-0.3, -0.25) is 14.9 Å². The van der Waals surface area contributed by atoms with E-state index in [0.717, 1.165) is 12.8 Å². The fraction of sp³-hybridized carbons (Fsp3) is 0.457. The molecule has 0 bridgehead atoms. The Morgan fingerprint density at radius 3 is 2.43 bits per heavy atom. The minimum absolute atomic E-state index is 0.0746. The highest BCUT2D eigenvalue weighted by atomic mass is 35.5. The van der Waals surface area contributed by atoms with Crippen molar-refractivity contribution >= 4 is 46.5 Å². The van der Waals surface area contributed by atoms with Gasteiger partial charge >= 0.3 is 6.09 Å². The number of nitriles is 1. The number of halogens is 1. The lowest BCUT2D eigenvalue weighted by Crippen LogP contribution is -2.44. The van der Waals surface area contributed by atoms with Crippen LogP contribution >= 0.6 is 11.6 Å². The number of aromatic nitrogens is 2. The van der Waals surface area contributed by atoms with Crippen LogP contribution in [0.15, 0.2) is 54.1 Å². The van der Waals surface area contributed by atoms with E-state index < -0.39 is 6.09 Å². The highest BCUT2D eigenvalue weighted by Crippen LogP contribution is 2.30. The van der Waals surface area contributed by atoms with Gasteiger partial charge in [0.1, 0.15) is 17.4 Å². The van der Waals surface area contributed by atoms with Crippen LogP contribution < -0.4 is 10.1 Å². The van der Waals surface area contributed by atoms with Gasteiger partial charge in [0.25, 0.3) is 11.8 Å². The Kier molecular flexibility index (Phi) is 10.2. The second-order valence-electron chi connectivity index (χ2n) is 14.0. The zero-order valence-electron chi connectivity index (χ0n) is 27.8. The average Bonchev–Trinajstić information content (AvgIpc) is 3.58. The van der Waals surface area contributed by atoms with Gasteiger partial charge in [0, 0.05) is 42.8 Å². The second-order valence-corrected chi connectivity index (χ2v) is 14.4. The molecule has 3 aromatic rings. The van der Waals surface area contributed by atoms with Crippen molar-refractivity contribution in [3.63, 3.8) is 0 Å². The third-order valence-electron chi connectivity index (χ3n) is 8.34. The Labute approximate surface area is 276 Å². The van der Waals surface area contributed by atoms with E-state index in [1.54, 1.807) is 65.4 Å². The predicted octanol–water partition coefficient (Wildman–Crippen LogP) is 7.29. The molecular weight excluding hydrogens is 604 g/mol. The monoisotopic (exact) mass is 646 g/mol. The lowest BCUT2D eigenvalue weighted by Gasteiger charge is -2.34. The number of nitrogens with one attached hydrogen (secondary N) is 1. The van der Waals surface area contributed by atoms with Crippen molar-refractivity contribution in [3.05, 3.63) is 64.7 Å². The molecule has 1 fully saturated rings. The van der Waals surface area contributed by atoms with Gasteiger partial charge in [0.15, 0.2) is 0 Å². The number of allylic oxidation sites excluding steroid dienone is 1. The highest BCUT2D eigenvalue weighted by molar-refractivity contribution is 6.30. The molecule has 3 amide bonds. The van der Waals surface area contributed by atoms with E-state index in [1.807, 2.05) is 32.3 Å². The number of hydrogen-bond donors (Lipinski definition) is 1. The van der Waals surface area contributed by atoms with E-state index in [-0.39, 0.29) is 46.2 Å². The first-order chi connectivity index (χ1) is 21.5. The third kappa shape index (κ3) is 8.07. The van der Waals surface area contributed by atoms with Crippen LogP contribution in [0.2, 0.25) is 5.02 Å². The molecule has 1 unspecified atom stereocenters. The first kappa shape index (κ1) is 34.5. The summed E-state index contributed by atoms with van der Waals surface area (Å²) in [4.78, 5) is 47.8. The first-order valence-electron chi connectivity index (χ1n) is 15.4. The van der Waals surface area contributed by atoms with Gasteiger partial charge in [-0.1, -0.05) is 59.2 Å². The maximum absolute atomic E-state index is 13.5. The third-order valence-corrected chi connectivity index (χ3v) is 8.59. The quantitative estimate of drug-likeness (QED) is 0.212. The van der Waals surface area contributed by atoms with Crippen LogP contribution in [0.1, 0.15) is 71.7 Å².